The second-order valence-corrected chi connectivity index (χ2v) is 5.64. The highest BCUT2D eigenvalue weighted by molar-refractivity contribution is 5.75. The van der Waals surface area contributed by atoms with Gasteiger partial charge in [0.2, 0.25) is 0 Å². The fourth-order valence-corrected chi connectivity index (χ4v) is 2.85. The van der Waals surface area contributed by atoms with Crippen LogP contribution < -0.4 is 0 Å². The van der Waals surface area contributed by atoms with Gasteiger partial charge in [-0.2, -0.15) is 0 Å². The van der Waals surface area contributed by atoms with Crippen molar-refractivity contribution in [1.29, 1.82) is 0 Å². The molecule has 1 fully saturated rings. The first-order valence-corrected chi connectivity index (χ1v) is 7.30. The summed E-state index contributed by atoms with van der Waals surface area (Å²) in [5.41, 5.74) is 1.77. The summed E-state index contributed by atoms with van der Waals surface area (Å²) in [5.74, 6) is -1.16. The highest BCUT2D eigenvalue weighted by atomic mass is 16.4. The van der Waals surface area contributed by atoms with Gasteiger partial charge in [-0.3, -0.25) is 9.69 Å². The molecule has 0 aliphatic carbocycles. The molecule has 3 N–H and O–H groups in total. The predicted octanol–water partition coefficient (Wildman–Crippen LogP) is -0.683. The zero-order valence-electron chi connectivity index (χ0n) is 12.4. The lowest BCUT2D eigenvalue weighted by Crippen LogP contribution is -2.42. The Hall–Kier alpha value is -2.29. The van der Waals surface area contributed by atoms with Crippen LogP contribution in [-0.2, 0) is 17.9 Å². The Kier molecular flexibility index (Phi) is 4.37. The number of nitrogens with zero attached hydrogens (tertiary/aromatic N) is 4. The molecule has 0 radical (unpaired) electrons. The monoisotopic (exact) mass is 318 g/mol. The van der Waals surface area contributed by atoms with Gasteiger partial charge >= 0.3 is 5.97 Å². The van der Waals surface area contributed by atoms with E-state index in [2.05, 4.69) is 10.3 Å². The molecule has 3 atom stereocenters. The van der Waals surface area contributed by atoms with Gasteiger partial charge in [0.1, 0.15) is 12.1 Å². The molecular weight excluding hydrogens is 300 g/mol. The summed E-state index contributed by atoms with van der Waals surface area (Å²) in [6.45, 7) is 0.854. The van der Waals surface area contributed by atoms with Gasteiger partial charge in [0.05, 0.1) is 24.5 Å². The molecule has 1 aromatic heterocycles. The Morgan fingerprint density at radius 1 is 1.22 bits per heavy atom. The molecule has 1 aliphatic heterocycles. The zero-order valence-corrected chi connectivity index (χ0v) is 12.4. The minimum absolute atomic E-state index is 0.0919. The van der Waals surface area contributed by atoms with E-state index in [9.17, 15) is 20.1 Å². The third-order valence-corrected chi connectivity index (χ3v) is 4.02. The van der Waals surface area contributed by atoms with E-state index >= 15 is 0 Å². The van der Waals surface area contributed by atoms with Gasteiger partial charge in [0.25, 0.3) is 0 Å². The van der Waals surface area contributed by atoms with Gasteiger partial charge in [-0.05, 0) is 5.56 Å². The van der Waals surface area contributed by atoms with E-state index in [1.165, 1.54) is 4.90 Å². The lowest BCUT2D eigenvalue weighted by Gasteiger charge is -2.21. The van der Waals surface area contributed by atoms with Crippen LogP contribution in [0.15, 0.2) is 36.5 Å². The maximum Gasteiger partial charge on any atom is 0.323 e. The molecule has 1 aromatic carbocycles. The molecule has 0 unspecified atom stereocenters. The van der Waals surface area contributed by atoms with Gasteiger partial charge in [0, 0.05) is 13.1 Å². The minimum atomic E-state index is -1.30. The van der Waals surface area contributed by atoms with Gasteiger partial charge in [-0.1, -0.05) is 35.5 Å². The number of carboxylic acids is 1. The first kappa shape index (κ1) is 15.6. The molecule has 0 spiro atoms. The molecule has 1 saturated heterocycles. The van der Waals surface area contributed by atoms with Crippen molar-refractivity contribution in [3.8, 4) is 0 Å². The number of benzene rings is 1. The summed E-state index contributed by atoms with van der Waals surface area (Å²) >= 11 is 0. The predicted molar refractivity (Wildman–Crippen MR) is 79.4 cm³/mol. The maximum absolute atomic E-state index is 11.3. The van der Waals surface area contributed by atoms with Crippen molar-refractivity contribution >= 4 is 5.97 Å². The topological polar surface area (TPSA) is 112 Å². The molecule has 0 saturated carbocycles. The normalized spacial score (nSPS) is 24.9. The van der Waals surface area contributed by atoms with Gasteiger partial charge < -0.3 is 15.3 Å². The number of aliphatic hydroxyl groups excluding tert-OH is 2. The number of carbonyl (C=O) groups is 1. The fourth-order valence-electron chi connectivity index (χ4n) is 2.85. The zero-order chi connectivity index (χ0) is 16.4. The molecule has 1 aliphatic rings. The summed E-state index contributed by atoms with van der Waals surface area (Å²) in [7, 11) is 0. The van der Waals surface area contributed by atoms with E-state index in [0.29, 0.717) is 6.54 Å². The number of likely N-dealkylation sites (tertiary alicyclic amines) is 1. The molecular formula is C15H18N4O4. The maximum atomic E-state index is 11.3. The third kappa shape index (κ3) is 3.24. The average Bonchev–Trinajstić information content (AvgIpc) is 3.06. The smallest absolute Gasteiger partial charge is 0.323 e. The summed E-state index contributed by atoms with van der Waals surface area (Å²) in [6, 6.07) is 8.59. The SMILES string of the molecule is O=C(O)[C@H]1[C@H](O)[C@H](O)CN1Cc1cnnn1Cc1ccccc1. The van der Waals surface area contributed by atoms with Crippen LogP contribution in [0.25, 0.3) is 0 Å². The molecule has 0 bridgehead atoms. The van der Waals surface area contributed by atoms with E-state index < -0.39 is 24.2 Å². The van der Waals surface area contributed by atoms with Crippen LogP contribution in [0.2, 0.25) is 0 Å². The van der Waals surface area contributed by atoms with E-state index in [0.717, 1.165) is 11.3 Å². The third-order valence-electron chi connectivity index (χ3n) is 4.02. The number of aliphatic hydroxyl groups is 2. The summed E-state index contributed by atoms with van der Waals surface area (Å²) < 4.78 is 1.69. The molecule has 8 nitrogen and oxygen atoms in total. The standard InChI is InChI=1S/C15H18N4O4/c20-12-9-18(13(14(12)21)15(22)23)8-11-6-16-17-19(11)7-10-4-2-1-3-5-10/h1-6,12-14,20-21H,7-9H2,(H,22,23)/t12-,13-,14-/m1/s1. The quantitative estimate of drug-likeness (QED) is 0.669. The lowest BCUT2D eigenvalue weighted by atomic mass is 10.1. The van der Waals surface area contributed by atoms with Crippen LogP contribution in [0.4, 0.5) is 0 Å². The molecule has 122 valence electrons. The van der Waals surface area contributed by atoms with Crippen LogP contribution in [0.3, 0.4) is 0 Å². The molecule has 0 amide bonds. The van der Waals surface area contributed by atoms with Crippen LogP contribution in [0, 0.1) is 0 Å². The van der Waals surface area contributed by atoms with E-state index in [-0.39, 0.29) is 13.1 Å². The molecule has 23 heavy (non-hydrogen) atoms. The number of hydrogen-bond donors (Lipinski definition) is 3. The molecule has 2 heterocycles. The van der Waals surface area contributed by atoms with E-state index in [4.69, 9.17) is 0 Å². The summed E-state index contributed by atoms with van der Waals surface area (Å²) in [5, 5.41) is 36.7. The van der Waals surface area contributed by atoms with Crippen LogP contribution in [-0.4, -0.2) is 66.0 Å². The number of aliphatic carboxylic acids is 1. The fraction of sp³-hybridized carbons (Fsp3) is 0.400. The number of hydrogen-bond acceptors (Lipinski definition) is 6. The molecule has 8 heteroatoms. The van der Waals surface area contributed by atoms with Crippen LogP contribution >= 0.6 is 0 Å². The number of β-amino-alcohol motifs (C(OH)–C–C–N with tert-alkyl or cyclic N) is 1. The van der Waals surface area contributed by atoms with Crippen molar-refractivity contribution in [3.05, 3.63) is 47.8 Å². The Bertz CT molecular complexity index is 675. The largest absolute Gasteiger partial charge is 0.480 e. The molecule has 3 rings (SSSR count). The summed E-state index contributed by atoms with van der Waals surface area (Å²) in [6.07, 6.45) is -0.806. The number of aromatic nitrogens is 3. The van der Waals surface area contributed by atoms with Crippen molar-refractivity contribution in [2.45, 2.75) is 31.3 Å². The second-order valence-electron chi connectivity index (χ2n) is 5.64. The van der Waals surface area contributed by atoms with Crippen molar-refractivity contribution in [2.75, 3.05) is 6.54 Å². The van der Waals surface area contributed by atoms with Gasteiger partial charge in [0.15, 0.2) is 0 Å². The highest BCUT2D eigenvalue weighted by Gasteiger charge is 2.44. The Morgan fingerprint density at radius 3 is 2.65 bits per heavy atom. The van der Waals surface area contributed by atoms with Crippen molar-refractivity contribution in [2.24, 2.45) is 0 Å². The van der Waals surface area contributed by atoms with Crippen LogP contribution in [0.1, 0.15) is 11.3 Å². The van der Waals surface area contributed by atoms with Crippen molar-refractivity contribution in [3.63, 3.8) is 0 Å². The first-order valence-electron chi connectivity index (χ1n) is 7.30. The Balaban J connectivity index is 1.76. The number of rotatable bonds is 5. The van der Waals surface area contributed by atoms with Crippen molar-refractivity contribution < 1.29 is 20.1 Å². The average molecular weight is 318 g/mol. The van der Waals surface area contributed by atoms with Gasteiger partial charge in [-0.25, -0.2) is 4.68 Å². The number of carboxylic acid groups (broad SMARTS) is 1. The minimum Gasteiger partial charge on any atom is -0.480 e. The first-order chi connectivity index (χ1) is 11.1. The Labute approximate surface area is 132 Å². The lowest BCUT2D eigenvalue weighted by molar-refractivity contribution is -0.145. The van der Waals surface area contributed by atoms with Gasteiger partial charge in [-0.15, -0.1) is 5.10 Å². The van der Waals surface area contributed by atoms with E-state index in [1.54, 1.807) is 10.9 Å². The summed E-state index contributed by atoms with van der Waals surface area (Å²) in [4.78, 5) is 12.8. The highest BCUT2D eigenvalue weighted by Crippen LogP contribution is 2.21. The van der Waals surface area contributed by atoms with Crippen LogP contribution in [0.5, 0.6) is 0 Å². The van der Waals surface area contributed by atoms with Crippen molar-refractivity contribution in [1.82, 2.24) is 19.9 Å². The second kappa shape index (κ2) is 6.45. The molecule has 2 aromatic rings. The van der Waals surface area contributed by atoms with E-state index in [1.807, 2.05) is 30.3 Å². The Morgan fingerprint density at radius 2 is 1.96 bits per heavy atom.